The average molecular weight is 441 g/mol. The van der Waals surface area contributed by atoms with Crippen molar-refractivity contribution in [3.05, 3.63) is 84.4 Å². The monoisotopic (exact) mass is 440 g/mol. The third-order valence-corrected chi connectivity index (χ3v) is 6.40. The molecule has 0 fully saturated rings. The third-order valence-electron chi connectivity index (χ3n) is 4.61. The van der Waals surface area contributed by atoms with Gasteiger partial charge in [0.1, 0.15) is 18.0 Å². The van der Waals surface area contributed by atoms with Crippen LogP contribution in [-0.2, 0) is 21.4 Å². The summed E-state index contributed by atoms with van der Waals surface area (Å²) in [6, 6.07) is 21.9. The zero-order chi connectivity index (χ0) is 22.3. The van der Waals surface area contributed by atoms with Crippen LogP contribution in [0.25, 0.3) is 0 Å². The van der Waals surface area contributed by atoms with E-state index in [9.17, 15) is 13.2 Å². The van der Waals surface area contributed by atoms with Crippen molar-refractivity contribution in [1.29, 1.82) is 0 Å². The van der Waals surface area contributed by atoms with E-state index in [-0.39, 0.29) is 18.0 Å². The van der Waals surface area contributed by atoms with Crippen molar-refractivity contribution in [2.24, 2.45) is 0 Å². The molecule has 0 unspecified atom stereocenters. The SMILES string of the molecule is COc1ccc(CNC(=O)CN(c2cccc(OC)c2)S(=O)(=O)c2ccccc2)cc1. The first-order valence-corrected chi connectivity index (χ1v) is 11.0. The Morgan fingerprint density at radius 2 is 1.55 bits per heavy atom. The van der Waals surface area contributed by atoms with Crippen LogP contribution in [0.4, 0.5) is 5.69 Å². The highest BCUT2D eigenvalue weighted by molar-refractivity contribution is 7.92. The number of nitrogens with one attached hydrogen (secondary N) is 1. The summed E-state index contributed by atoms with van der Waals surface area (Å²) in [5.74, 6) is 0.774. The molecule has 0 aliphatic rings. The molecule has 0 bridgehead atoms. The number of rotatable bonds is 9. The summed E-state index contributed by atoms with van der Waals surface area (Å²) in [5, 5.41) is 2.77. The lowest BCUT2D eigenvalue weighted by atomic mass is 10.2. The zero-order valence-electron chi connectivity index (χ0n) is 17.3. The van der Waals surface area contributed by atoms with Crippen LogP contribution in [0.5, 0.6) is 11.5 Å². The number of amides is 1. The second-order valence-electron chi connectivity index (χ2n) is 6.65. The minimum Gasteiger partial charge on any atom is -0.497 e. The number of hydrogen-bond acceptors (Lipinski definition) is 5. The predicted octanol–water partition coefficient (Wildman–Crippen LogP) is 3.22. The Morgan fingerprint density at radius 1 is 0.871 bits per heavy atom. The topological polar surface area (TPSA) is 84.9 Å². The maximum Gasteiger partial charge on any atom is 0.264 e. The first-order chi connectivity index (χ1) is 14.9. The summed E-state index contributed by atoms with van der Waals surface area (Å²) in [5.41, 5.74) is 1.20. The maximum absolute atomic E-state index is 13.3. The molecule has 0 atom stereocenters. The van der Waals surface area contributed by atoms with Crippen LogP contribution < -0.4 is 19.1 Å². The summed E-state index contributed by atoms with van der Waals surface area (Å²) >= 11 is 0. The van der Waals surface area contributed by atoms with Gasteiger partial charge in [0.25, 0.3) is 10.0 Å². The highest BCUT2D eigenvalue weighted by Crippen LogP contribution is 2.26. The normalized spacial score (nSPS) is 10.9. The molecule has 3 aromatic carbocycles. The van der Waals surface area contributed by atoms with Gasteiger partial charge in [0.05, 0.1) is 24.8 Å². The van der Waals surface area contributed by atoms with E-state index in [0.29, 0.717) is 17.2 Å². The minimum absolute atomic E-state index is 0.0979. The Labute approximate surface area is 182 Å². The molecule has 0 spiro atoms. The standard InChI is InChI=1S/C23H24N2O5S/c1-29-20-13-11-18(12-14-20)16-24-23(26)17-25(19-7-6-8-21(15-19)30-2)31(27,28)22-9-4-3-5-10-22/h3-15H,16-17H2,1-2H3,(H,24,26). The average Bonchev–Trinajstić information content (AvgIpc) is 2.82. The molecule has 162 valence electrons. The van der Waals surface area contributed by atoms with Crippen molar-refractivity contribution in [1.82, 2.24) is 5.32 Å². The molecule has 1 amide bonds. The van der Waals surface area contributed by atoms with Gasteiger partial charge in [-0.1, -0.05) is 36.4 Å². The fraction of sp³-hybridized carbons (Fsp3) is 0.174. The Morgan fingerprint density at radius 3 is 2.19 bits per heavy atom. The van der Waals surface area contributed by atoms with Gasteiger partial charge in [-0.15, -0.1) is 0 Å². The number of carbonyl (C=O) groups is 1. The van der Waals surface area contributed by atoms with Gasteiger partial charge in [0.2, 0.25) is 5.91 Å². The number of anilines is 1. The first kappa shape index (κ1) is 22.2. The number of carbonyl (C=O) groups excluding carboxylic acids is 1. The van der Waals surface area contributed by atoms with Crippen molar-refractivity contribution < 1.29 is 22.7 Å². The summed E-state index contributed by atoms with van der Waals surface area (Å²) < 4.78 is 38.0. The van der Waals surface area contributed by atoms with Crippen LogP contribution >= 0.6 is 0 Å². The largest absolute Gasteiger partial charge is 0.497 e. The van der Waals surface area contributed by atoms with Crippen molar-refractivity contribution >= 4 is 21.6 Å². The van der Waals surface area contributed by atoms with Crippen molar-refractivity contribution in [3.63, 3.8) is 0 Å². The van der Waals surface area contributed by atoms with Crippen LogP contribution in [0, 0.1) is 0 Å². The fourth-order valence-corrected chi connectivity index (χ4v) is 4.36. The Kier molecular flexibility index (Phi) is 7.15. The third kappa shape index (κ3) is 5.55. The second-order valence-corrected chi connectivity index (χ2v) is 8.51. The summed E-state index contributed by atoms with van der Waals surface area (Å²) in [4.78, 5) is 12.8. The molecule has 31 heavy (non-hydrogen) atoms. The van der Waals surface area contributed by atoms with Gasteiger partial charge in [-0.25, -0.2) is 8.42 Å². The molecule has 0 aliphatic carbocycles. The van der Waals surface area contributed by atoms with Crippen molar-refractivity contribution in [2.75, 3.05) is 25.1 Å². The Hall–Kier alpha value is -3.52. The second kappa shape index (κ2) is 9.99. The molecule has 0 heterocycles. The molecule has 0 saturated heterocycles. The van der Waals surface area contributed by atoms with Gasteiger partial charge >= 0.3 is 0 Å². The molecular formula is C23H24N2O5S. The van der Waals surface area contributed by atoms with Crippen molar-refractivity contribution in [3.8, 4) is 11.5 Å². The van der Waals surface area contributed by atoms with Crippen LogP contribution in [-0.4, -0.2) is 35.1 Å². The minimum atomic E-state index is -3.97. The molecule has 0 aromatic heterocycles. The fourth-order valence-electron chi connectivity index (χ4n) is 2.93. The van der Waals surface area contributed by atoms with Gasteiger partial charge in [-0.2, -0.15) is 0 Å². The van der Waals surface area contributed by atoms with E-state index in [1.165, 1.54) is 19.2 Å². The number of nitrogens with zero attached hydrogens (tertiary/aromatic N) is 1. The number of methoxy groups -OCH3 is 2. The highest BCUT2D eigenvalue weighted by Gasteiger charge is 2.27. The van der Waals surface area contributed by atoms with Crippen LogP contribution in [0.15, 0.2) is 83.8 Å². The number of sulfonamides is 1. The first-order valence-electron chi connectivity index (χ1n) is 9.55. The summed E-state index contributed by atoms with van der Waals surface area (Å²) in [6.07, 6.45) is 0. The lowest BCUT2D eigenvalue weighted by molar-refractivity contribution is -0.119. The summed E-state index contributed by atoms with van der Waals surface area (Å²) in [6.45, 7) is -0.110. The van der Waals surface area contributed by atoms with Gasteiger partial charge in [0, 0.05) is 12.6 Å². The van der Waals surface area contributed by atoms with Gasteiger partial charge < -0.3 is 14.8 Å². The molecule has 1 N–H and O–H groups in total. The summed E-state index contributed by atoms with van der Waals surface area (Å²) in [7, 11) is -0.888. The zero-order valence-corrected chi connectivity index (χ0v) is 18.1. The Bertz CT molecular complexity index is 1120. The van der Waals surface area contributed by atoms with E-state index >= 15 is 0 Å². The molecule has 3 aromatic rings. The van der Waals surface area contributed by atoms with E-state index in [2.05, 4.69) is 5.32 Å². The van der Waals surface area contributed by atoms with E-state index in [4.69, 9.17) is 9.47 Å². The van der Waals surface area contributed by atoms with Gasteiger partial charge in [0.15, 0.2) is 0 Å². The highest BCUT2D eigenvalue weighted by atomic mass is 32.2. The molecule has 8 heteroatoms. The van der Waals surface area contributed by atoms with Crippen molar-refractivity contribution in [2.45, 2.75) is 11.4 Å². The molecule has 7 nitrogen and oxygen atoms in total. The number of hydrogen-bond donors (Lipinski definition) is 1. The quantitative estimate of drug-likeness (QED) is 0.552. The smallest absolute Gasteiger partial charge is 0.264 e. The maximum atomic E-state index is 13.3. The van der Waals surface area contributed by atoms with Gasteiger partial charge in [-0.05, 0) is 42.0 Å². The molecule has 0 radical (unpaired) electrons. The van der Waals surface area contributed by atoms with Crippen LogP contribution in [0.2, 0.25) is 0 Å². The number of benzene rings is 3. The van der Waals surface area contributed by atoms with Crippen LogP contribution in [0.3, 0.4) is 0 Å². The van der Waals surface area contributed by atoms with E-state index in [0.717, 1.165) is 9.87 Å². The molecule has 3 rings (SSSR count). The van der Waals surface area contributed by atoms with E-state index in [1.807, 2.05) is 12.1 Å². The molecule has 0 aliphatic heterocycles. The van der Waals surface area contributed by atoms with E-state index in [1.54, 1.807) is 61.7 Å². The molecule has 0 saturated carbocycles. The lowest BCUT2D eigenvalue weighted by Gasteiger charge is -2.24. The predicted molar refractivity (Wildman–Crippen MR) is 119 cm³/mol. The number of ether oxygens (including phenoxy) is 2. The Balaban J connectivity index is 1.83. The van der Waals surface area contributed by atoms with Crippen LogP contribution in [0.1, 0.15) is 5.56 Å². The lowest BCUT2D eigenvalue weighted by Crippen LogP contribution is -2.40. The van der Waals surface area contributed by atoms with E-state index < -0.39 is 15.9 Å². The van der Waals surface area contributed by atoms with Gasteiger partial charge in [-0.3, -0.25) is 9.10 Å². The molecular weight excluding hydrogens is 416 g/mol.